The van der Waals surface area contributed by atoms with Crippen molar-refractivity contribution >= 4 is 23.2 Å². The molecule has 0 radical (unpaired) electrons. The molecule has 4 heteroatoms. The van der Waals surface area contributed by atoms with Crippen LogP contribution in [0.1, 0.15) is 43.0 Å². The molecule has 1 rings (SSSR count). The van der Waals surface area contributed by atoms with Gasteiger partial charge in [0, 0.05) is 12.1 Å². The van der Waals surface area contributed by atoms with E-state index in [1.807, 2.05) is 0 Å². The van der Waals surface area contributed by atoms with Crippen molar-refractivity contribution in [2.45, 2.75) is 32.6 Å². The molecule has 0 spiro atoms. The van der Waals surface area contributed by atoms with Crippen LogP contribution in [0.25, 0.3) is 0 Å². The second-order valence-corrected chi connectivity index (χ2v) is 4.46. The van der Waals surface area contributed by atoms with E-state index in [1.54, 1.807) is 18.2 Å². The van der Waals surface area contributed by atoms with E-state index in [9.17, 15) is 4.79 Å². The molecule has 3 nitrogen and oxygen atoms in total. The first kappa shape index (κ1) is 13.8. The number of hydrogen-bond donors (Lipinski definition) is 2. The zero-order chi connectivity index (χ0) is 12.7. The molecular weight excluding hydrogens is 236 g/mol. The van der Waals surface area contributed by atoms with Crippen molar-refractivity contribution in [3.8, 4) is 0 Å². The van der Waals surface area contributed by atoms with E-state index in [4.69, 9.17) is 17.3 Å². The zero-order valence-electron chi connectivity index (χ0n) is 10.1. The van der Waals surface area contributed by atoms with Crippen molar-refractivity contribution in [1.82, 2.24) is 5.32 Å². The van der Waals surface area contributed by atoms with E-state index in [1.165, 1.54) is 12.8 Å². The maximum absolute atomic E-state index is 11.7. The van der Waals surface area contributed by atoms with Crippen LogP contribution in [0.3, 0.4) is 0 Å². The minimum atomic E-state index is -0.0927. The normalized spacial score (nSPS) is 10.2. The van der Waals surface area contributed by atoms with Gasteiger partial charge in [0.1, 0.15) is 0 Å². The van der Waals surface area contributed by atoms with E-state index < -0.39 is 0 Å². The molecule has 0 aliphatic heterocycles. The molecule has 17 heavy (non-hydrogen) atoms. The van der Waals surface area contributed by atoms with Gasteiger partial charge in [-0.25, -0.2) is 0 Å². The largest absolute Gasteiger partial charge is 0.398 e. The SMILES string of the molecule is CCCCCCNC(=O)c1ccc(Cl)c(N)c1. The highest BCUT2D eigenvalue weighted by Crippen LogP contribution is 2.19. The number of hydrogen-bond acceptors (Lipinski definition) is 2. The van der Waals surface area contributed by atoms with Crippen molar-refractivity contribution < 1.29 is 4.79 Å². The van der Waals surface area contributed by atoms with Gasteiger partial charge in [-0.1, -0.05) is 37.8 Å². The smallest absolute Gasteiger partial charge is 0.251 e. The Kier molecular flexibility index (Phi) is 5.84. The number of amides is 1. The molecule has 0 aromatic heterocycles. The first-order chi connectivity index (χ1) is 8.15. The second-order valence-electron chi connectivity index (χ2n) is 4.05. The Balaban J connectivity index is 2.39. The third-order valence-electron chi connectivity index (χ3n) is 2.57. The summed E-state index contributed by atoms with van der Waals surface area (Å²) in [6, 6.07) is 4.92. The molecule has 0 fully saturated rings. The van der Waals surface area contributed by atoms with Gasteiger partial charge in [0.05, 0.1) is 10.7 Å². The number of nitrogen functional groups attached to an aromatic ring is 1. The number of nitrogens with one attached hydrogen (secondary N) is 1. The van der Waals surface area contributed by atoms with Crippen molar-refractivity contribution in [3.63, 3.8) is 0 Å². The fraction of sp³-hybridized carbons (Fsp3) is 0.462. The van der Waals surface area contributed by atoms with Gasteiger partial charge in [-0.05, 0) is 24.6 Å². The van der Waals surface area contributed by atoms with Crippen LogP contribution in [0.4, 0.5) is 5.69 Å². The summed E-state index contributed by atoms with van der Waals surface area (Å²) < 4.78 is 0. The van der Waals surface area contributed by atoms with Crippen LogP contribution in [0, 0.1) is 0 Å². The number of carbonyl (C=O) groups excluding carboxylic acids is 1. The molecule has 0 unspecified atom stereocenters. The van der Waals surface area contributed by atoms with Crippen LogP contribution in [-0.4, -0.2) is 12.5 Å². The van der Waals surface area contributed by atoms with E-state index in [0.717, 1.165) is 12.8 Å². The fourth-order valence-electron chi connectivity index (χ4n) is 1.54. The molecule has 0 heterocycles. The number of unbranched alkanes of at least 4 members (excludes halogenated alkanes) is 3. The third kappa shape index (κ3) is 4.65. The summed E-state index contributed by atoms with van der Waals surface area (Å²) >= 11 is 5.79. The minimum absolute atomic E-state index is 0.0927. The predicted molar refractivity (Wildman–Crippen MR) is 72.3 cm³/mol. The monoisotopic (exact) mass is 254 g/mol. The Hall–Kier alpha value is -1.22. The molecule has 0 saturated heterocycles. The number of benzene rings is 1. The Morgan fingerprint density at radius 3 is 2.76 bits per heavy atom. The van der Waals surface area contributed by atoms with Gasteiger partial charge in [-0.2, -0.15) is 0 Å². The lowest BCUT2D eigenvalue weighted by Crippen LogP contribution is -2.24. The summed E-state index contributed by atoms with van der Waals surface area (Å²) in [7, 11) is 0. The maximum atomic E-state index is 11.7. The highest BCUT2D eigenvalue weighted by Gasteiger charge is 2.06. The van der Waals surface area contributed by atoms with Gasteiger partial charge >= 0.3 is 0 Å². The average molecular weight is 255 g/mol. The summed E-state index contributed by atoms with van der Waals surface area (Å²) in [6.45, 7) is 2.87. The number of rotatable bonds is 6. The highest BCUT2D eigenvalue weighted by molar-refractivity contribution is 6.33. The lowest BCUT2D eigenvalue weighted by Gasteiger charge is -2.06. The topological polar surface area (TPSA) is 55.1 Å². The molecule has 0 aliphatic rings. The summed E-state index contributed by atoms with van der Waals surface area (Å²) in [5, 5.41) is 3.34. The van der Waals surface area contributed by atoms with Crippen molar-refractivity contribution in [2.75, 3.05) is 12.3 Å². The Morgan fingerprint density at radius 2 is 2.12 bits per heavy atom. The Morgan fingerprint density at radius 1 is 1.35 bits per heavy atom. The van der Waals surface area contributed by atoms with Gasteiger partial charge in [0.25, 0.3) is 5.91 Å². The Bertz CT molecular complexity index is 380. The lowest BCUT2D eigenvalue weighted by molar-refractivity contribution is 0.0953. The molecule has 0 saturated carbocycles. The van der Waals surface area contributed by atoms with Crippen molar-refractivity contribution in [3.05, 3.63) is 28.8 Å². The van der Waals surface area contributed by atoms with Crippen LogP contribution in [-0.2, 0) is 0 Å². The lowest BCUT2D eigenvalue weighted by atomic mass is 10.1. The van der Waals surface area contributed by atoms with Gasteiger partial charge in [-0.3, -0.25) is 4.79 Å². The highest BCUT2D eigenvalue weighted by atomic mass is 35.5. The van der Waals surface area contributed by atoms with E-state index >= 15 is 0 Å². The first-order valence-corrected chi connectivity index (χ1v) is 6.36. The average Bonchev–Trinajstić information content (AvgIpc) is 2.32. The molecule has 1 aromatic carbocycles. The molecule has 94 valence electrons. The molecular formula is C13H19ClN2O. The second kappa shape index (κ2) is 7.17. The molecule has 1 amide bonds. The molecule has 0 aliphatic carbocycles. The summed E-state index contributed by atoms with van der Waals surface area (Å²) in [4.78, 5) is 11.7. The van der Waals surface area contributed by atoms with Gasteiger partial charge in [-0.15, -0.1) is 0 Å². The summed E-state index contributed by atoms with van der Waals surface area (Å²) in [6.07, 6.45) is 4.58. The van der Waals surface area contributed by atoms with Gasteiger partial charge in [0.2, 0.25) is 0 Å². The number of carbonyl (C=O) groups is 1. The molecule has 1 aromatic rings. The van der Waals surface area contributed by atoms with Crippen LogP contribution in [0.2, 0.25) is 5.02 Å². The predicted octanol–water partition coefficient (Wildman–Crippen LogP) is 3.23. The maximum Gasteiger partial charge on any atom is 0.251 e. The molecule has 3 N–H and O–H groups in total. The van der Waals surface area contributed by atoms with Crippen LogP contribution < -0.4 is 11.1 Å². The standard InChI is InChI=1S/C13H19ClN2O/c1-2-3-4-5-8-16-13(17)10-6-7-11(14)12(15)9-10/h6-7,9H,2-5,8,15H2,1H3,(H,16,17). The molecule has 0 bridgehead atoms. The van der Waals surface area contributed by atoms with E-state index in [2.05, 4.69) is 12.2 Å². The minimum Gasteiger partial charge on any atom is -0.398 e. The number of anilines is 1. The first-order valence-electron chi connectivity index (χ1n) is 5.98. The van der Waals surface area contributed by atoms with Gasteiger partial charge < -0.3 is 11.1 Å². The fourth-order valence-corrected chi connectivity index (χ4v) is 1.66. The van der Waals surface area contributed by atoms with Crippen LogP contribution >= 0.6 is 11.6 Å². The van der Waals surface area contributed by atoms with Crippen molar-refractivity contribution in [1.29, 1.82) is 0 Å². The zero-order valence-corrected chi connectivity index (χ0v) is 10.9. The number of halogens is 1. The Labute approximate surface area is 107 Å². The quantitative estimate of drug-likeness (QED) is 0.605. The van der Waals surface area contributed by atoms with Gasteiger partial charge in [0.15, 0.2) is 0 Å². The summed E-state index contributed by atoms with van der Waals surface area (Å²) in [5.41, 5.74) is 6.63. The van der Waals surface area contributed by atoms with Crippen molar-refractivity contribution in [2.24, 2.45) is 0 Å². The third-order valence-corrected chi connectivity index (χ3v) is 2.92. The van der Waals surface area contributed by atoms with E-state index in [-0.39, 0.29) is 5.91 Å². The van der Waals surface area contributed by atoms with Crippen LogP contribution in [0.5, 0.6) is 0 Å². The van der Waals surface area contributed by atoms with Crippen LogP contribution in [0.15, 0.2) is 18.2 Å². The molecule has 0 atom stereocenters. The van der Waals surface area contributed by atoms with E-state index in [0.29, 0.717) is 22.8 Å². The summed E-state index contributed by atoms with van der Waals surface area (Å²) in [5.74, 6) is -0.0927. The number of nitrogens with two attached hydrogens (primary N) is 1.